The summed E-state index contributed by atoms with van der Waals surface area (Å²) in [4.78, 5) is 50.2. The molecule has 0 spiro atoms. The van der Waals surface area contributed by atoms with Gasteiger partial charge in [-0.25, -0.2) is 14.8 Å². The number of β-lactam (4-membered cyclic amide) rings is 1. The number of Topliss-reactive ketones (excluding diaryl/α,β-unsaturated/α-hetero) is 1. The SMILES string of the molecule is C.CC1(C)C(CC(=O)/C(=N\O[C@@H](COc2ccc(C(=N)N)nc2)C(=O)O)c2csc(N)n2)C(=O)N1OS(=O)(=O)O.S.S. The number of hydrogen-bond donors (Lipinski definition) is 5. The highest BCUT2D eigenvalue weighted by atomic mass is 32.3. The Bertz CT molecular complexity index is 1430. The predicted molar refractivity (Wildman–Crippen MR) is 160 cm³/mol. The van der Waals surface area contributed by atoms with Crippen molar-refractivity contribution < 1.29 is 46.3 Å². The quantitative estimate of drug-likeness (QED) is 0.0637. The van der Waals surface area contributed by atoms with Crippen molar-refractivity contribution in [2.45, 2.75) is 39.3 Å². The minimum absolute atomic E-state index is 0. The number of ketones is 1. The lowest BCUT2D eigenvalue weighted by Gasteiger charge is -2.50. The van der Waals surface area contributed by atoms with Crippen molar-refractivity contribution >= 4 is 83.1 Å². The first kappa shape index (κ1) is 38.5. The van der Waals surface area contributed by atoms with E-state index in [1.165, 1.54) is 37.6 Å². The van der Waals surface area contributed by atoms with Gasteiger partial charge in [-0.05, 0) is 26.0 Å². The van der Waals surface area contributed by atoms with Crippen LogP contribution in [-0.2, 0) is 33.9 Å². The van der Waals surface area contributed by atoms with Crippen molar-refractivity contribution in [3.63, 3.8) is 0 Å². The highest BCUT2D eigenvalue weighted by Gasteiger charge is 2.57. The molecule has 7 N–H and O–H groups in total. The fourth-order valence-corrected chi connectivity index (χ4v) is 4.35. The summed E-state index contributed by atoms with van der Waals surface area (Å²) in [5.41, 5.74) is 9.34. The van der Waals surface area contributed by atoms with Gasteiger partial charge in [-0.1, -0.05) is 12.6 Å². The summed E-state index contributed by atoms with van der Waals surface area (Å²) in [6, 6.07) is 2.80. The minimum Gasteiger partial charge on any atom is -0.487 e. The maximum absolute atomic E-state index is 13.1. The predicted octanol–water partition coefficient (Wildman–Crippen LogP) is 0.450. The highest BCUT2D eigenvalue weighted by Crippen LogP contribution is 2.40. The molecule has 1 amide bonds. The number of nitrogens with one attached hydrogen (secondary N) is 1. The standard InChI is InChI=1S/C20H23N7O10S2.CH4.2H2S/c1-20(2)10(17(29)27(20)37-39(32,33)34)5-13(28)15(12-8-38-19(23)25-12)26-36-14(18(30)31)7-35-9-3-4-11(16(21)22)24-6-9;;;/h3-4,6,8,10,14H,5,7H2,1-2H3,(H3,21,22)(H2,23,25)(H,30,31)(H,32,33,34);1H4;2*1H2/b26-15-;;;/t10?,14-;;;/m0.../s1. The Morgan fingerprint density at radius 2 is 1.93 bits per heavy atom. The van der Waals surface area contributed by atoms with Crippen LogP contribution in [0.1, 0.15) is 39.1 Å². The molecule has 1 unspecified atom stereocenters. The van der Waals surface area contributed by atoms with E-state index < -0.39 is 64.4 Å². The summed E-state index contributed by atoms with van der Waals surface area (Å²) < 4.78 is 40.6. The van der Waals surface area contributed by atoms with Gasteiger partial charge in [0.25, 0.3) is 12.0 Å². The normalized spacial score (nSPS) is 16.5. The number of amidine groups is 1. The number of hydrogen-bond acceptors (Lipinski definition) is 14. The van der Waals surface area contributed by atoms with Gasteiger partial charge in [-0.3, -0.25) is 19.6 Å². The summed E-state index contributed by atoms with van der Waals surface area (Å²) >= 11 is 0.964. The van der Waals surface area contributed by atoms with E-state index in [-0.39, 0.29) is 62.5 Å². The molecule has 2 aromatic rings. The lowest BCUT2D eigenvalue weighted by molar-refractivity contribution is -0.228. The molecular weight excluding hydrogens is 639 g/mol. The average Bonchev–Trinajstić information content (AvgIpc) is 3.28. The monoisotopic (exact) mass is 669 g/mol. The molecule has 1 aliphatic heterocycles. The summed E-state index contributed by atoms with van der Waals surface area (Å²) in [6.45, 7) is 2.25. The molecule has 2 atom stereocenters. The first-order valence-corrected chi connectivity index (χ1v) is 13.0. The van der Waals surface area contributed by atoms with E-state index in [2.05, 4.69) is 19.4 Å². The van der Waals surface area contributed by atoms with E-state index in [9.17, 15) is 27.9 Å². The number of carboxylic acid groups (broad SMARTS) is 1. The van der Waals surface area contributed by atoms with Crippen molar-refractivity contribution in [1.82, 2.24) is 15.0 Å². The van der Waals surface area contributed by atoms with Crippen molar-refractivity contribution in [1.29, 1.82) is 5.41 Å². The summed E-state index contributed by atoms with van der Waals surface area (Å²) in [6.07, 6.45) is -0.992. The van der Waals surface area contributed by atoms with Crippen molar-refractivity contribution in [2.24, 2.45) is 16.8 Å². The van der Waals surface area contributed by atoms with E-state index in [0.717, 1.165) is 11.3 Å². The van der Waals surface area contributed by atoms with E-state index in [1.807, 2.05) is 0 Å². The number of thiazole rings is 1. The van der Waals surface area contributed by atoms with Gasteiger partial charge < -0.3 is 26.1 Å². The Hall–Kier alpha value is -3.50. The third kappa shape index (κ3) is 9.25. The van der Waals surface area contributed by atoms with Crippen LogP contribution in [-0.4, -0.2) is 80.6 Å². The van der Waals surface area contributed by atoms with E-state index in [4.69, 9.17) is 31.0 Å². The molecule has 0 aliphatic carbocycles. The van der Waals surface area contributed by atoms with Crippen molar-refractivity contribution in [3.8, 4) is 5.75 Å². The number of nitrogen functional groups attached to an aromatic ring is 2. The maximum Gasteiger partial charge on any atom is 0.418 e. The number of oxime groups is 1. The third-order valence-electron chi connectivity index (χ3n) is 5.42. The average molecular weight is 670 g/mol. The van der Waals surface area contributed by atoms with Gasteiger partial charge in [-0.2, -0.15) is 40.5 Å². The first-order valence-electron chi connectivity index (χ1n) is 10.8. The molecule has 1 saturated heterocycles. The number of carboxylic acids is 1. The number of aromatic nitrogens is 2. The van der Waals surface area contributed by atoms with Crippen molar-refractivity contribution in [2.75, 3.05) is 12.3 Å². The van der Waals surface area contributed by atoms with Crippen LogP contribution in [0.5, 0.6) is 5.75 Å². The molecule has 0 saturated carbocycles. The second kappa shape index (κ2) is 15.1. The number of amides is 1. The van der Waals surface area contributed by atoms with E-state index in [1.54, 1.807) is 0 Å². The fraction of sp³-hybridized carbons (Fsp3) is 0.381. The Morgan fingerprint density at radius 1 is 1.29 bits per heavy atom. The van der Waals surface area contributed by atoms with Gasteiger partial charge in [0.15, 0.2) is 16.6 Å². The number of nitrogens with zero attached hydrogens (tertiary/aromatic N) is 4. The molecule has 234 valence electrons. The lowest BCUT2D eigenvalue weighted by Crippen LogP contribution is -2.68. The molecule has 3 rings (SSSR count). The fourth-order valence-electron chi connectivity index (χ4n) is 3.35. The largest absolute Gasteiger partial charge is 0.487 e. The van der Waals surface area contributed by atoms with Crippen LogP contribution in [0, 0.1) is 11.3 Å². The maximum atomic E-state index is 13.1. The molecule has 42 heavy (non-hydrogen) atoms. The van der Waals surface area contributed by atoms with Gasteiger partial charge in [0.1, 0.15) is 29.6 Å². The Labute approximate surface area is 258 Å². The van der Waals surface area contributed by atoms with Crippen LogP contribution >= 0.6 is 38.3 Å². The molecule has 0 bridgehead atoms. The first-order chi connectivity index (χ1) is 18.1. The molecule has 2 aromatic heterocycles. The van der Waals surface area contributed by atoms with Crippen LogP contribution < -0.4 is 16.2 Å². The second-order valence-corrected chi connectivity index (χ2v) is 10.4. The number of carbonyl (C=O) groups excluding carboxylic acids is 2. The van der Waals surface area contributed by atoms with E-state index in [0.29, 0.717) is 5.06 Å². The molecule has 1 fully saturated rings. The van der Waals surface area contributed by atoms with E-state index >= 15 is 0 Å². The minimum atomic E-state index is -4.99. The zero-order valence-corrected chi connectivity index (χ0v) is 24.9. The Morgan fingerprint density at radius 3 is 2.38 bits per heavy atom. The van der Waals surface area contributed by atoms with Gasteiger partial charge in [-0.15, -0.1) is 15.6 Å². The Kier molecular flexibility index (Phi) is 13.9. The number of nitrogens with two attached hydrogens (primary N) is 2. The number of anilines is 1. The molecule has 21 heteroatoms. The van der Waals surface area contributed by atoms with Crippen LogP contribution in [0.15, 0.2) is 28.9 Å². The zero-order valence-electron chi connectivity index (χ0n) is 21.3. The smallest absolute Gasteiger partial charge is 0.418 e. The number of aliphatic carboxylic acids is 1. The molecule has 0 radical (unpaired) electrons. The number of rotatable bonds is 13. The zero-order chi connectivity index (χ0) is 29.1. The van der Waals surface area contributed by atoms with Gasteiger partial charge in [0.05, 0.1) is 17.7 Å². The number of pyridine rings is 1. The third-order valence-corrected chi connectivity index (χ3v) is 6.43. The van der Waals surface area contributed by atoms with Crippen LogP contribution in [0.2, 0.25) is 0 Å². The van der Waals surface area contributed by atoms with Gasteiger partial charge >= 0.3 is 16.4 Å². The number of carbonyl (C=O) groups is 3. The number of hydroxylamine groups is 2. The van der Waals surface area contributed by atoms with Crippen LogP contribution in [0.3, 0.4) is 0 Å². The van der Waals surface area contributed by atoms with Gasteiger partial charge in [0.2, 0.25) is 0 Å². The molecule has 17 nitrogen and oxygen atoms in total. The van der Waals surface area contributed by atoms with Crippen LogP contribution in [0.4, 0.5) is 5.13 Å². The molecule has 3 heterocycles. The topological polar surface area (TPSA) is 271 Å². The number of ether oxygens (including phenoxy) is 1. The second-order valence-electron chi connectivity index (χ2n) is 8.52. The summed E-state index contributed by atoms with van der Waals surface area (Å²) in [7, 11) is -4.99. The summed E-state index contributed by atoms with van der Waals surface area (Å²) in [5.74, 6) is -4.39. The molecule has 1 aliphatic rings. The lowest BCUT2D eigenvalue weighted by atomic mass is 9.74. The highest BCUT2D eigenvalue weighted by molar-refractivity contribution is 7.80. The van der Waals surface area contributed by atoms with Crippen molar-refractivity contribution in [3.05, 3.63) is 35.1 Å². The molecule has 0 aromatic carbocycles. The Balaban J connectivity index is 0.00000560. The molecular formula is C21H31N7O10S4. The van der Waals surface area contributed by atoms with Gasteiger partial charge in [0, 0.05) is 11.8 Å². The van der Waals surface area contributed by atoms with Crippen LogP contribution in [0.25, 0.3) is 0 Å². The summed E-state index contributed by atoms with van der Waals surface area (Å²) in [5, 5.41) is 22.4.